The average molecular weight is 308 g/mol. The number of carbonyl (C=O) groups is 1. The molecule has 1 atom stereocenters. The summed E-state index contributed by atoms with van der Waals surface area (Å²) in [4.78, 5) is 12.4. The highest BCUT2D eigenvalue weighted by molar-refractivity contribution is 7.80. The van der Waals surface area contributed by atoms with Crippen molar-refractivity contribution < 1.29 is 14.3 Å². The summed E-state index contributed by atoms with van der Waals surface area (Å²) < 4.78 is 10.8. The van der Waals surface area contributed by atoms with Gasteiger partial charge in [0.2, 0.25) is 5.91 Å². The monoisotopic (exact) mass is 308 g/mol. The van der Waals surface area contributed by atoms with E-state index in [1.54, 1.807) is 25.3 Å². The largest absolute Gasteiger partial charge is 0.495 e. The van der Waals surface area contributed by atoms with Crippen LogP contribution >= 0.6 is 12.2 Å². The molecule has 0 aliphatic carbocycles. The van der Waals surface area contributed by atoms with Crippen LogP contribution in [-0.2, 0) is 9.53 Å². The van der Waals surface area contributed by atoms with E-state index in [1.807, 2.05) is 0 Å². The van der Waals surface area contributed by atoms with Gasteiger partial charge < -0.3 is 20.5 Å². The zero-order valence-corrected chi connectivity index (χ0v) is 12.9. The Hall–Kier alpha value is -1.66. The molecule has 5 nitrogen and oxygen atoms in total. The van der Waals surface area contributed by atoms with Crippen molar-refractivity contribution in [3.05, 3.63) is 23.8 Å². The number of methoxy groups -OCH3 is 1. The molecular weight excluding hydrogens is 288 g/mol. The molecule has 1 heterocycles. The predicted molar refractivity (Wildman–Crippen MR) is 85.7 cm³/mol. The van der Waals surface area contributed by atoms with Gasteiger partial charge in [0.1, 0.15) is 10.7 Å². The number of hydrogen-bond acceptors (Lipinski definition) is 4. The maximum atomic E-state index is 12.1. The predicted octanol–water partition coefficient (Wildman–Crippen LogP) is 2.23. The van der Waals surface area contributed by atoms with Crippen LogP contribution in [0.2, 0.25) is 0 Å². The maximum absolute atomic E-state index is 12.1. The molecule has 0 saturated carbocycles. The third kappa shape index (κ3) is 4.41. The minimum Gasteiger partial charge on any atom is -0.495 e. The van der Waals surface area contributed by atoms with E-state index in [9.17, 15) is 4.79 Å². The lowest BCUT2D eigenvalue weighted by Gasteiger charge is -2.22. The van der Waals surface area contributed by atoms with E-state index in [1.165, 1.54) is 0 Å². The summed E-state index contributed by atoms with van der Waals surface area (Å²) in [5, 5.41) is 2.85. The quantitative estimate of drug-likeness (QED) is 0.816. The highest BCUT2D eigenvalue weighted by atomic mass is 32.1. The highest BCUT2D eigenvalue weighted by Gasteiger charge is 2.18. The number of carbonyl (C=O) groups excluding carboxylic acids is 1. The molecule has 0 bridgehead atoms. The molecule has 0 aromatic heterocycles. The van der Waals surface area contributed by atoms with Gasteiger partial charge in [0, 0.05) is 12.2 Å². The summed E-state index contributed by atoms with van der Waals surface area (Å²) >= 11 is 4.93. The first kappa shape index (κ1) is 15.7. The van der Waals surface area contributed by atoms with E-state index in [0.29, 0.717) is 28.4 Å². The van der Waals surface area contributed by atoms with Crippen LogP contribution in [0.25, 0.3) is 0 Å². The molecule has 1 fully saturated rings. The minimum absolute atomic E-state index is 0.0145. The molecule has 1 aromatic carbocycles. The van der Waals surface area contributed by atoms with Crippen LogP contribution in [0.3, 0.4) is 0 Å². The molecule has 114 valence electrons. The highest BCUT2D eigenvalue weighted by Crippen LogP contribution is 2.26. The van der Waals surface area contributed by atoms with Crippen molar-refractivity contribution in [2.24, 2.45) is 5.73 Å². The smallest absolute Gasteiger partial charge is 0.227 e. The first-order valence-electron chi connectivity index (χ1n) is 6.99. The summed E-state index contributed by atoms with van der Waals surface area (Å²) in [5.41, 5.74) is 6.90. The number of rotatable bonds is 5. The average Bonchev–Trinajstić information content (AvgIpc) is 2.48. The Kier molecular flexibility index (Phi) is 5.52. The molecule has 1 aromatic rings. The summed E-state index contributed by atoms with van der Waals surface area (Å²) in [6.45, 7) is 0.740. The molecule has 2 rings (SSSR count). The number of benzene rings is 1. The molecule has 1 amide bonds. The summed E-state index contributed by atoms with van der Waals surface area (Å²) in [6, 6.07) is 5.22. The van der Waals surface area contributed by atoms with Crippen molar-refractivity contribution in [3.8, 4) is 5.75 Å². The molecule has 0 spiro atoms. The van der Waals surface area contributed by atoms with Crippen molar-refractivity contribution in [2.45, 2.75) is 31.8 Å². The van der Waals surface area contributed by atoms with E-state index in [0.717, 1.165) is 25.9 Å². The Labute approximate surface area is 129 Å². The van der Waals surface area contributed by atoms with Gasteiger partial charge in [-0.25, -0.2) is 0 Å². The Morgan fingerprint density at radius 3 is 2.95 bits per heavy atom. The fourth-order valence-electron chi connectivity index (χ4n) is 2.32. The Bertz CT molecular complexity index is 528. The second-order valence-corrected chi connectivity index (χ2v) is 5.46. The standard InChI is InChI=1S/C15H20N2O3S/c1-19-13-8-10(15(16)21)5-6-12(13)17-14(18)9-11-4-2-3-7-20-11/h5-6,8,11H,2-4,7,9H2,1H3,(H2,16,21)(H,17,18). The van der Waals surface area contributed by atoms with Gasteiger partial charge in [-0.1, -0.05) is 12.2 Å². The molecule has 1 aliphatic rings. The van der Waals surface area contributed by atoms with E-state index in [2.05, 4.69) is 5.32 Å². The molecule has 1 unspecified atom stereocenters. The van der Waals surface area contributed by atoms with Crippen LogP contribution < -0.4 is 15.8 Å². The van der Waals surface area contributed by atoms with Crippen molar-refractivity contribution in [1.82, 2.24) is 0 Å². The number of thiocarbonyl (C=S) groups is 1. The van der Waals surface area contributed by atoms with E-state index >= 15 is 0 Å². The second kappa shape index (κ2) is 7.38. The van der Waals surface area contributed by atoms with Gasteiger partial charge in [-0.2, -0.15) is 0 Å². The lowest BCUT2D eigenvalue weighted by atomic mass is 10.1. The lowest BCUT2D eigenvalue weighted by molar-refractivity contribution is -0.119. The van der Waals surface area contributed by atoms with Crippen LogP contribution in [0.5, 0.6) is 5.75 Å². The van der Waals surface area contributed by atoms with Crippen molar-refractivity contribution in [2.75, 3.05) is 19.0 Å². The molecule has 0 radical (unpaired) electrons. The minimum atomic E-state index is -0.0803. The second-order valence-electron chi connectivity index (χ2n) is 5.02. The van der Waals surface area contributed by atoms with Crippen molar-refractivity contribution >= 4 is 28.8 Å². The summed E-state index contributed by atoms with van der Waals surface area (Å²) in [6.07, 6.45) is 3.50. The van der Waals surface area contributed by atoms with Crippen LogP contribution in [0.15, 0.2) is 18.2 Å². The number of ether oxygens (including phenoxy) is 2. The van der Waals surface area contributed by atoms with Crippen molar-refractivity contribution in [1.29, 1.82) is 0 Å². The summed E-state index contributed by atoms with van der Waals surface area (Å²) in [5.74, 6) is 0.460. The zero-order valence-electron chi connectivity index (χ0n) is 12.1. The molecule has 21 heavy (non-hydrogen) atoms. The molecular formula is C15H20N2O3S. The number of nitrogens with one attached hydrogen (secondary N) is 1. The molecule has 1 aliphatic heterocycles. The summed E-state index contributed by atoms with van der Waals surface area (Å²) in [7, 11) is 1.54. The topological polar surface area (TPSA) is 73.6 Å². The van der Waals surface area contributed by atoms with Crippen LogP contribution in [-0.4, -0.2) is 30.7 Å². The van der Waals surface area contributed by atoms with E-state index in [4.69, 9.17) is 27.4 Å². The first-order valence-corrected chi connectivity index (χ1v) is 7.40. The Morgan fingerprint density at radius 2 is 2.33 bits per heavy atom. The van der Waals surface area contributed by atoms with Gasteiger partial charge in [-0.3, -0.25) is 4.79 Å². The first-order chi connectivity index (χ1) is 10.1. The third-order valence-corrected chi connectivity index (χ3v) is 3.68. The fraction of sp³-hybridized carbons (Fsp3) is 0.467. The Morgan fingerprint density at radius 1 is 1.52 bits per heavy atom. The molecule has 1 saturated heterocycles. The number of hydrogen-bond donors (Lipinski definition) is 2. The van der Waals surface area contributed by atoms with Crippen LogP contribution in [0.4, 0.5) is 5.69 Å². The van der Waals surface area contributed by atoms with Crippen LogP contribution in [0.1, 0.15) is 31.2 Å². The third-order valence-electron chi connectivity index (χ3n) is 3.45. The maximum Gasteiger partial charge on any atom is 0.227 e. The fourth-order valence-corrected chi connectivity index (χ4v) is 2.45. The molecule has 6 heteroatoms. The normalized spacial score (nSPS) is 18.0. The van der Waals surface area contributed by atoms with Crippen LogP contribution in [0, 0.1) is 0 Å². The zero-order chi connectivity index (χ0) is 15.2. The van der Waals surface area contributed by atoms with E-state index in [-0.39, 0.29) is 12.0 Å². The van der Waals surface area contributed by atoms with Gasteiger partial charge in [0.15, 0.2) is 0 Å². The Balaban J connectivity index is 2.00. The molecule has 3 N–H and O–H groups in total. The van der Waals surface area contributed by atoms with Gasteiger partial charge in [0.25, 0.3) is 0 Å². The van der Waals surface area contributed by atoms with Crippen molar-refractivity contribution in [3.63, 3.8) is 0 Å². The lowest BCUT2D eigenvalue weighted by Crippen LogP contribution is -2.25. The number of anilines is 1. The van der Waals surface area contributed by atoms with Gasteiger partial charge >= 0.3 is 0 Å². The van der Waals surface area contributed by atoms with E-state index < -0.39 is 0 Å². The number of nitrogens with two attached hydrogens (primary N) is 1. The van der Waals surface area contributed by atoms with Gasteiger partial charge in [-0.15, -0.1) is 0 Å². The SMILES string of the molecule is COc1cc(C(N)=S)ccc1NC(=O)CC1CCCCO1. The van der Waals surface area contributed by atoms with Gasteiger partial charge in [0.05, 0.1) is 25.3 Å². The number of amides is 1. The van der Waals surface area contributed by atoms with Gasteiger partial charge in [-0.05, 0) is 37.5 Å².